The molecule has 1 unspecified atom stereocenters. The fraction of sp³-hybridized carbons (Fsp3) is 0.611. The molecule has 0 spiro atoms. The number of benzene rings is 1. The third-order valence-corrected chi connectivity index (χ3v) is 4.82. The maximum atomic E-state index is 12.5. The summed E-state index contributed by atoms with van der Waals surface area (Å²) in [5, 5.41) is 3.07. The minimum absolute atomic E-state index is 0. The molecule has 5 nitrogen and oxygen atoms in total. The number of amides is 1. The van der Waals surface area contributed by atoms with Gasteiger partial charge in [-0.1, -0.05) is 12.1 Å². The molecule has 1 aliphatic carbocycles. The number of halogens is 1. The number of methoxy groups -OCH3 is 2. The predicted molar refractivity (Wildman–Crippen MR) is 96.0 cm³/mol. The Balaban J connectivity index is 0.00000208. The maximum Gasteiger partial charge on any atom is 0.224 e. The SMILES string of the molecule is COc1cccc(CNC(=O)C2CCCN(C3CC3)C2)c1OC.Cl. The second-order valence-corrected chi connectivity index (χ2v) is 6.44. The Bertz CT molecular complexity index is 563. The average Bonchev–Trinajstić information content (AvgIpc) is 3.44. The van der Waals surface area contributed by atoms with E-state index in [2.05, 4.69) is 10.2 Å². The van der Waals surface area contributed by atoms with Crippen LogP contribution in [0.4, 0.5) is 0 Å². The van der Waals surface area contributed by atoms with Crippen molar-refractivity contribution in [2.24, 2.45) is 5.92 Å². The lowest BCUT2D eigenvalue weighted by Crippen LogP contribution is -2.43. The van der Waals surface area contributed by atoms with Crippen molar-refractivity contribution in [2.75, 3.05) is 27.3 Å². The number of hydrogen-bond donors (Lipinski definition) is 1. The van der Waals surface area contributed by atoms with Gasteiger partial charge in [-0.25, -0.2) is 0 Å². The summed E-state index contributed by atoms with van der Waals surface area (Å²) in [6.45, 7) is 2.53. The molecule has 0 aromatic heterocycles. The quantitative estimate of drug-likeness (QED) is 0.853. The maximum absolute atomic E-state index is 12.5. The highest BCUT2D eigenvalue weighted by Gasteiger charge is 2.34. The molecule has 0 radical (unpaired) electrons. The van der Waals surface area contributed by atoms with Crippen LogP contribution >= 0.6 is 12.4 Å². The van der Waals surface area contributed by atoms with Crippen LogP contribution in [0.5, 0.6) is 11.5 Å². The van der Waals surface area contributed by atoms with Gasteiger partial charge < -0.3 is 14.8 Å². The van der Waals surface area contributed by atoms with Crippen LogP contribution in [0.1, 0.15) is 31.2 Å². The Kier molecular flexibility index (Phi) is 6.75. The van der Waals surface area contributed by atoms with E-state index in [0.29, 0.717) is 18.0 Å². The van der Waals surface area contributed by atoms with E-state index in [0.717, 1.165) is 37.5 Å². The van der Waals surface area contributed by atoms with Crippen LogP contribution in [0, 0.1) is 5.92 Å². The molecule has 24 heavy (non-hydrogen) atoms. The van der Waals surface area contributed by atoms with Crippen molar-refractivity contribution in [2.45, 2.75) is 38.3 Å². The summed E-state index contributed by atoms with van der Waals surface area (Å²) in [6.07, 6.45) is 4.71. The Hall–Kier alpha value is -1.46. The molecule has 2 fully saturated rings. The molecule has 134 valence electrons. The van der Waals surface area contributed by atoms with Crippen molar-refractivity contribution in [1.82, 2.24) is 10.2 Å². The predicted octanol–water partition coefficient (Wildman–Crippen LogP) is 2.62. The van der Waals surface area contributed by atoms with E-state index < -0.39 is 0 Å². The number of piperidine rings is 1. The molecule has 1 atom stereocenters. The molecule has 1 saturated carbocycles. The van der Waals surface area contributed by atoms with Crippen LogP contribution in [0.2, 0.25) is 0 Å². The molecule has 1 aromatic rings. The molecule has 1 saturated heterocycles. The highest BCUT2D eigenvalue weighted by molar-refractivity contribution is 5.85. The van der Waals surface area contributed by atoms with Crippen molar-refractivity contribution in [1.29, 1.82) is 0 Å². The Morgan fingerprint density at radius 1 is 1.25 bits per heavy atom. The number of rotatable bonds is 6. The van der Waals surface area contributed by atoms with Gasteiger partial charge in [0.1, 0.15) is 0 Å². The minimum atomic E-state index is 0. The summed E-state index contributed by atoms with van der Waals surface area (Å²) in [5.74, 6) is 1.65. The van der Waals surface area contributed by atoms with Crippen molar-refractivity contribution >= 4 is 18.3 Å². The van der Waals surface area contributed by atoms with Gasteiger partial charge in [-0.3, -0.25) is 9.69 Å². The Labute approximate surface area is 150 Å². The zero-order chi connectivity index (χ0) is 16.2. The van der Waals surface area contributed by atoms with Crippen LogP contribution in [0.3, 0.4) is 0 Å². The Morgan fingerprint density at radius 3 is 2.71 bits per heavy atom. The summed E-state index contributed by atoms with van der Waals surface area (Å²) < 4.78 is 10.7. The van der Waals surface area contributed by atoms with Gasteiger partial charge in [-0.05, 0) is 38.3 Å². The lowest BCUT2D eigenvalue weighted by atomic mass is 9.97. The number of ether oxygens (including phenoxy) is 2. The number of hydrogen-bond acceptors (Lipinski definition) is 4. The van der Waals surface area contributed by atoms with E-state index in [4.69, 9.17) is 9.47 Å². The second kappa shape index (κ2) is 8.58. The summed E-state index contributed by atoms with van der Waals surface area (Å²) in [5.41, 5.74) is 0.940. The molecular weight excluding hydrogens is 328 g/mol. The molecule has 3 rings (SSSR count). The van der Waals surface area contributed by atoms with Crippen molar-refractivity contribution in [3.63, 3.8) is 0 Å². The smallest absolute Gasteiger partial charge is 0.224 e. The third kappa shape index (κ3) is 4.33. The molecular formula is C18H27ClN2O3. The number of carbonyl (C=O) groups excluding carboxylic acids is 1. The van der Waals surface area contributed by atoms with Gasteiger partial charge in [0, 0.05) is 24.7 Å². The van der Waals surface area contributed by atoms with Gasteiger partial charge in [-0.2, -0.15) is 0 Å². The van der Waals surface area contributed by atoms with E-state index >= 15 is 0 Å². The number of nitrogens with one attached hydrogen (secondary N) is 1. The lowest BCUT2D eigenvalue weighted by Gasteiger charge is -2.32. The minimum Gasteiger partial charge on any atom is -0.493 e. The first-order chi connectivity index (χ1) is 11.2. The Morgan fingerprint density at radius 2 is 2.04 bits per heavy atom. The van der Waals surface area contributed by atoms with Gasteiger partial charge in [0.15, 0.2) is 11.5 Å². The summed E-state index contributed by atoms with van der Waals surface area (Å²) in [7, 11) is 3.24. The largest absolute Gasteiger partial charge is 0.493 e. The van der Waals surface area contributed by atoms with Gasteiger partial charge in [0.25, 0.3) is 0 Å². The second-order valence-electron chi connectivity index (χ2n) is 6.44. The first-order valence-electron chi connectivity index (χ1n) is 8.44. The number of carbonyl (C=O) groups is 1. The summed E-state index contributed by atoms with van der Waals surface area (Å²) >= 11 is 0. The molecule has 1 heterocycles. The first-order valence-corrected chi connectivity index (χ1v) is 8.44. The highest BCUT2D eigenvalue weighted by Crippen LogP contribution is 2.32. The van der Waals surface area contributed by atoms with Gasteiger partial charge in [-0.15, -0.1) is 12.4 Å². The van der Waals surface area contributed by atoms with Crippen molar-refractivity contribution < 1.29 is 14.3 Å². The summed E-state index contributed by atoms with van der Waals surface area (Å²) in [4.78, 5) is 15.0. The molecule has 6 heteroatoms. The molecule has 1 N–H and O–H groups in total. The topological polar surface area (TPSA) is 50.8 Å². The molecule has 1 amide bonds. The average molecular weight is 355 g/mol. The normalized spacial score (nSPS) is 20.8. The van der Waals surface area contributed by atoms with E-state index in [1.54, 1.807) is 14.2 Å². The third-order valence-electron chi connectivity index (χ3n) is 4.82. The van der Waals surface area contributed by atoms with Gasteiger partial charge >= 0.3 is 0 Å². The zero-order valence-electron chi connectivity index (χ0n) is 14.4. The van der Waals surface area contributed by atoms with Gasteiger partial charge in [0.05, 0.1) is 20.1 Å². The van der Waals surface area contributed by atoms with Crippen LogP contribution < -0.4 is 14.8 Å². The van der Waals surface area contributed by atoms with Crippen LogP contribution in [0.15, 0.2) is 18.2 Å². The first kappa shape index (κ1) is 18.9. The highest BCUT2D eigenvalue weighted by atomic mass is 35.5. The van der Waals surface area contributed by atoms with E-state index in [-0.39, 0.29) is 24.2 Å². The lowest BCUT2D eigenvalue weighted by molar-refractivity contribution is -0.126. The monoisotopic (exact) mass is 354 g/mol. The number of para-hydroxylation sites is 1. The van der Waals surface area contributed by atoms with E-state index in [9.17, 15) is 4.79 Å². The summed E-state index contributed by atoms with van der Waals surface area (Å²) in [6, 6.07) is 6.47. The zero-order valence-corrected chi connectivity index (χ0v) is 15.2. The van der Waals surface area contributed by atoms with E-state index in [1.165, 1.54) is 12.8 Å². The fourth-order valence-corrected chi connectivity index (χ4v) is 3.41. The van der Waals surface area contributed by atoms with Crippen molar-refractivity contribution in [3.8, 4) is 11.5 Å². The van der Waals surface area contributed by atoms with Crippen LogP contribution in [0.25, 0.3) is 0 Å². The molecule has 2 aliphatic rings. The van der Waals surface area contributed by atoms with Gasteiger partial charge in [0.2, 0.25) is 5.91 Å². The number of nitrogens with zero attached hydrogens (tertiary/aromatic N) is 1. The van der Waals surface area contributed by atoms with Crippen LogP contribution in [-0.2, 0) is 11.3 Å². The van der Waals surface area contributed by atoms with Crippen molar-refractivity contribution in [3.05, 3.63) is 23.8 Å². The molecule has 0 bridgehead atoms. The standard InChI is InChI=1S/C18H26N2O3.ClH/c1-22-16-7-3-5-13(17(16)23-2)11-19-18(21)14-6-4-10-20(12-14)15-8-9-15;/h3,5,7,14-15H,4,6,8-12H2,1-2H3,(H,19,21);1H. The fourth-order valence-electron chi connectivity index (χ4n) is 3.41. The molecule has 1 aliphatic heterocycles. The number of likely N-dealkylation sites (tertiary alicyclic amines) is 1. The van der Waals surface area contributed by atoms with Crippen LogP contribution in [-0.4, -0.2) is 44.2 Å². The molecule has 1 aromatic carbocycles. The van der Waals surface area contributed by atoms with E-state index in [1.807, 2.05) is 18.2 Å².